The van der Waals surface area contributed by atoms with Crippen molar-refractivity contribution >= 4 is 5.97 Å². The Morgan fingerprint density at radius 1 is 1.23 bits per heavy atom. The van der Waals surface area contributed by atoms with E-state index in [1.54, 1.807) is 0 Å². The van der Waals surface area contributed by atoms with Gasteiger partial charge in [0.15, 0.2) is 0 Å². The molecule has 2 rings (SSSR count). The lowest BCUT2D eigenvalue weighted by molar-refractivity contribution is -0.336. The summed E-state index contributed by atoms with van der Waals surface area (Å²) in [5.74, 6) is -0.154. The summed E-state index contributed by atoms with van der Waals surface area (Å²) in [6, 6.07) is 0. The molecule has 26 heavy (non-hydrogen) atoms. The first-order valence-electron chi connectivity index (χ1n) is 9.83. The SMILES string of the molecule is CCCCC[C@@H](/C=C/[C@@H]1[C@@H](C/C=C\CCCC(=O)O)[C@H]2C[C@H]1OO2)OO. The maximum absolute atomic E-state index is 10.5. The van der Waals surface area contributed by atoms with Crippen molar-refractivity contribution in [2.24, 2.45) is 11.8 Å². The zero-order valence-corrected chi connectivity index (χ0v) is 15.6. The maximum atomic E-state index is 10.5. The molecule has 6 heteroatoms. The second-order valence-corrected chi connectivity index (χ2v) is 7.26. The number of hydrogen-bond donors (Lipinski definition) is 2. The van der Waals surface area contributed by atoms with Crippen LogP contribution in [0.4, 0.5) is 0 Å². The van der Waals surface area contributed by atoms with Crippen molar-refractivity contribution in [3.8, 4) is 0 Å². The second kappa shape index (κ2) is 11.5. The minimum Gasteiger partial charge on any atom is -0.481 e. The molecule has 2 N–H and O–H groups in total. The predicted molar refractivity (Wildman–Crippen MR) is 97.4 cm³/mol. The van der Waals surface area contributed by atoms with E-state index in [1.165, 1.54) is 0 Å². The molecule has 1 saturated carbocycles. The third kappa shape index (κ3) is 6.50. The molecule has 0 amide bonds. The summed E-state index contributed by atoms with van der Waals surface area (Å²) >= 11 is 0. The average Bonchev–Trinajstić information content (AvgIpc) is 3.22. The lowest BCUT2D eigenvalue weighted by atomic mass is 9.89. The summed E-state index contributed by atoms with van der Waals surface area (Å²) in [7, 11) is 0. The number of aliphatic carboxylic acids is 1. The van der Waals surface area contributed by atoms with Gasteiger partial charge in [0.2, 0.25) is 0 Å². The fraction of sp³-hybridized carbons (Fsp3) is 0.750. The van der Waals surface area contributed by atoms with E-state index in [9.17, 15) is 4.79 Å². The molecule has 0 aromatic carbocycles. The summed E-state index contributed by atoms with van der Waals surface area (Å²) in [6.45, 7) is 2.15. The Balaban J connectivity index is 1.82. The third-order valence-electron chi connectivity index (χ3n) is 5.28. The van der Waals surface area contributed by atoms with Gasteiger partial charge in [0, 0.05) is 24.7 Å². The normalized spacial score (nSPS) is 29.2. The highest BCUT2D eigenvalue weighted by Gasteiger charge is 2.49. The van der Waals surface area contributed by atoms with Gasteiger partial charge in [-0.1, -0.05) is 50.5 Å². The summed E-state index contributed by atoms with van der Waals surface area (Å²) in [4.78, 5) is 25.9. The molecule has 0 aromatic heterocycles. The smallest absolute Gasteiger partial charge is 0.303 e. The number of allylic oxidation sites excluding steroid dienone is 2. The van der Waals surface area contributed by atoms with Crippen molar-refractivity contribution < 1.29 is 29.8 Å². The monoisotopic (exact) mass is 368 g/mol. The molecule has 0 spiro atoms. The van der Waals surface area contributed by atoms with Crippen LogP contribution in [0.1, 0.15) is 64.7 Å². The zero-order valence-electron chi connectivity index (χ0n) is 15.6. The number of rotatable bonds is 13. The Bertz CT molecular complexity index is 475. The Labute approximate surface area is 155 Å². The minimum atomic E-state index is -0.748. The van der Waals surface area contributed by atoms with Gasteiger partial charge < -0.3 is 5.11 Å². The van der Waals surface area contributed by atoms with E-state index in [4.69, 9.17) is 20.1 Å². The van der Waals surface area contributed by atoms with E-state index < -0.39 is 5.97 Å². The van der Waals surface area contributed by atoms with Gasteiger partial charge in [0.25, 0.3) is 0 Å². The van der Waals surface area contributed by atoms with Gasteiger partial charge in [-0.2, -0.15) is 0 Å². The molecular weight excluding hydrogens is 336 g/mol. The molecule has 1 aliphatic heterocycles. The van der Waals surface area contributed by atoms with Gasteiger partial charge in [0.05, 0.1) is 6.10 Å². The molecule has 0 aromatic rings. The average molecular weight is 368 g/mol. The first-order chi connectivity index (χ1) is 12.7. The maximum Gasteiger partial charge on any atom is 0.303 e. The molecule has 1 heterocycles. The van der Waals surface area contributed by atoms with E-state index in [-0.39, 0.29) is 30.7 Å². The summed E-state index contributed by atoms with van der Waals surface area (Å²) in [6.07, 6.45) is 15.7. The van der Waals surface area contributed by atoms with Gasteiger partial charge in [-0.15, -0.1) is 0 Å². The van der Waals surface area contributed by atoms with E-state index in [1.807, 2.05) is 6.08 Å². The molecule has 2 bridgehead atoms. The summed E-state index contributed by atoms with van der Waals surface area (Å²) in [5.41, 5.74) is 0. The van der Waals surface area contributed by atoms with Crippen LogP contribution >= 0.6 is 0 Å². The van der Waals surface area contributed by atoms with Crippen LogP contribution in [-0.2, 0) is 19.5 Å². The van der Waals surface area contributed by atoms with Crippen molar-refractivity contribution in [2.75, 3.05) is 0 Å². The van der Waals surface area contributed by atoms with Crippen molar-refractivity contribution in [1.82, 2.24) is 0 Å². The Morgan fingerprint density at radius 2 is 2.04 bits per heavy atom. The van der Waals surface area contributed by atoms with Crippen LogP contribution in [0.3, 0.4) is 0 Å². The van der Waals surface area contributed by atoms with Gasteiger partial charge >= 0.3 is 5.97 Å². The number of fused-ring (bicyclic) bond motifs is 2. The van der Waals surface area contributed by atoms with Crippen LogP contribution in [0.25, 0.3) is 0 Å². The predicted octanol–water partition coefficient (Wildman–Crippen LogP) is 4.52. The van der Waals surface area contributed by atoms with Crippen LogP contribution in [0.15, 0.2) is 24.3 Å². The van der Waals surface area contributed by atoms with Gasteiger partial charge in [0.1, 0.15) is 12.2 Å². The van der Waals surface area contributed by atoms with Gasteiger partial charge in [-0.05, 0) is 25.7 Å². The molecule has 2 fully saturated rings. The van der Waals surface area contributed by atoms with E-state index in [2.05, 4.69) is 30.0 Å². The topological polar surface area (TPSA) is 85.2 Å². The summed E-state index contributed by atoms with van der Waals surface area (Å²) < 4.78 is 0. The molecular formula is C20H32O6. The van der Waals surface area contributed by atoms with Crippen molar-refractivity contribution in [3.63, 3.8) is 0 Å². The Morgan fingerprint density at radius 3 is 2.77 bits per heavy atom. The molecule has 1 saturated heterocycles. The second-order valence-electron chi connectivity index (χ2n) is 7.26. The molecule has 0 radical (unpaired) electrons. The molecule has 1 aliphatic carbocycles. The lowest BCUT2D eigenvalue weighted by Crippen LogP contribution is -2.29. The summed E-state index contributed by atoms with van der Waals surface area (Å²) in [5, 5.41) is 17.8. The fourth-order valence-corrected chi connectivity index (χ4v) is 3.79. The first-order valence-corrected chi connectivity index (χ1v) is 9.83. The Kier molecular flexibility index (Phi) is 9.32. The largest absolute Gasteiger partial charge is 0.481 e. The minimum absolute atomic E-state index is 0.0663. The van der Waals surface area contributed by atoms with Crippen molar-refractivity contribution in [3.05, 3.63) is 24.3 Å². The Hall–Kier alpha value is -1.21. The van der Waals surface area contributed by atoms with Crippen LogP contribution in [-0.4, -0.2) is 34.6 Å². The molecule has 6 nitrogen and oxygen atoms in total. The highest BCUT2D eigenvalue weighted by atomic mass is 17.2. The lowest BCUT2D eigenvalue weighted by Gasteiger charge is -2.27. The van der Waals surface area contributed by atoms with Crippen LogP contribution in [0.5, 0.6) is 0 Å². The number of carbonyl (C=O) groups is 1. The van der Waals surface area contributed by atoms with E-state index in [0.29, 0.717) is 12.3 Å². The fourth-order valence-electron chi connectivity index (χ4n) is 3.79. The third-order valence-corrected chi connectivity index (χ3v) is 5.28. The number of unbranched alkanes of at least 4 members (excludes halogenated alkanes) is 3. The van der Waals surface area contributed by atoms with Crippen LogP contribution < -0.4 is 0 Å². The van der Waals surface area contributed by atoms with E-state index in [0.717, 1.165) is 44.9 Å². The molecule has 148 valence electrons. The molecule has 2 aliphatic rings. The van der Waals surface area contributed by atoms with Crippen LogP contribution in [0, 0.1) is 11.8 Å². The standard InChI is InChI=1S/C20H32O6/c1-2-3-6-9-15(24-23)12-13-17-16(18-14-19(17)26-25-18)10-7-4-5-8-11-20(21)22/h4,7,12-13,15-19,23H,2-3,5-6,8-11,14H2,1H3,(H,21,22)/b7-4-,13-12+/t15-,16+,17+,18+,19+/m0/s1. The highest BCUT2D eigenvalue weighted by molar-refractivity contribution is 5.66. The molecule has 5 atom stereocenters. The van der Waals surface area contributed by atoms with Crippen LogP contribution in [0.2, 0.25) is 0 Å². The van der Waals surface area contributed by atoms with Crippen molar-refractivity contribution in [2.45, 2.75) is 83.0 Å². The molecule has 0 unspecified atom stereocenters. The van der Waals surface area contributed by atoms with Gasteiger partial charge in [-0.25, -0.2) is 14.7 Å². The number of carboxylic acid groups (broad SMARTS) is 1. The zero-order chi connectivity index (χ0) is 18.8. The van der Waals surface area contributed by atoms with Crippen molar-refractivity contribution in [1.29, 1.82) is 0 Å². The van der Waals surface area contributed by atoms with Gasteiger partial charge in [-0.3, -0.25) is 10.1 Å². The number of carboxylic acids is 1. The highest BCUT2D eigenvalue weighted by Crippen LogP contribution is 2.44. The van der Waals surface area contributed by atoms with E-state index >= 15 is 0 Å². The number of hydrogen-bond acceptors (Lipinski definition) is 5. The first kappa shape index (κ1) is 21.1. The quantitative estimate of drug-likeness (QED) is 0.215.